The second kappa shape index (κ2) is 11.6. The van der Waals surface area contributed by atoms with Crippen LogP contribution in [-0.2, 0) is 0 Å². The first-order chi connectivity index (χ1) is 22.3. The van der Waals surface area contributed by atoms with Gasteiger partial charge in [0, 0.05) is 16.8 Å². The van der Waals surface area contributed by atoms with Crippen molar-refractivity contribution in [2.24, 2.45) is 0 Å². The quantitative estimate of drug-likeness (QED) is 0.191. The lowest BCUT2D eigenvalue weighted by Gasteiger charge is -2.27. The highest BCUT2D eigenvalue weighted by Gasteiger charge is 2.17. The zero-order valence-corrected chi connectivity index (χ0v) is 24.8. The normalized spacial score (nSPS) is 11.1. The molecule has 0 saturated carbocycles. The zero-order chi connectivity index (χ0) is 30.0. The number of rotatable bonds is 6. The molecular formula is C44H31N. The van der Waals surface area contributed by atoms with Crippen molar-refractivity contribution in [1.82, 2.24) is 0 Å². The summed E-state index contributed by atoms with van der Waals surface area (Å²) in [4.78, 5) is 2.37. The van der Waals surface area contributed by atoms with E-state index < -0.39 is 0 Å². The second-order valence-corrected chi connectivity index (χ2v) is 11.4. The summed E-state index contributed by atoms with van der Waals surface area (Å²) >= 11 is 0. The molecule has 8 rings (SSSR count). The van der Waals surface area contributed by atoms with Crippen molar-refractivity contribution < 1.29 is 0 Å². The Hall–Kier alpha value is -5.92. The number of fused-ring (bicyclic) bond motifs is 2. The van der Waals surface area contributed by atoms with Gasteiger partial charge in [0.15, 0.2) is 0 Å². The molecule has 0 spiro atoms. The van der Waals surface area contributed by atoms with Crippen LogP contribution in [0, 0.1) is 0 Å². The zero-order valence-electron chi connectivity index (χ0n) is 24.8. The smallest absolute Gasteiger partial charge is 0.0540 e. The van der Waals surface area contributed by atoms with Gasteiger partial charge in [-0.25, -0.2) is 0 Å². The Kier molecular flexibility index (Phi) is 6.90. The Balaban J connectivity index is 1.18. The molecule has 0 atom stereocenters. The fourth-order valence-corrected chi connectivity index (χ4v) is 6.39. The summed E-state index contributed by atoms with van der Waals surface area (Å²) in [6, 6.07) is 67.6. The molecule has 0 aliphatic heterocycles. The number of hydrogen-bond donors (Lipinski definition) is 0. The van der Waals surface area contributed by atoms with E-state index in [4.69, 9.17) is 0 Å². The lowest BCUT2D eigenvalue weighted by molar-refractivity contribution is 1.30. The lowest BCUT2D eigenvalue weighted by atomic mass is 9.96. The predicted molar refractivity (Wildman–Crippen MR) is 192 cm³/mol. The van der Waals surface area contributed by atoms with Crippen molar-refractivity contribution in [3.05, 3.63) is 188 Å². The lowest BCUT2D eigenvalue weighted by Crippen LogP contribution is -2.10. The summed E-state index contributed by atoms with van der Waals surface area (Å²) in [5.74, 6) is 0. The van der Waals surface area contributed by atoms with E-state index in [0.29, 0.717) is 0 Å². The number of para-hydroxylation sites is 1. The Morgan fingerprint density at radius 1 is 0.289 bits per heavy atom. The van der Waals surface area contributed by atoms with Gasteiger partial charge in [-0.05, 0) is 92.0 Å². The average molecular weight is 574 g/mol. The van der Waals surface area contributed by atoms with Crippen LogP contribution in [0.2, 0.25) is 0 Å². The van der Waals surface area contributed by atoms with Crippen molar-refractivity contribution >= 4 is 38.6 Å². The van der Waals surface area contributed by atoms with Crippen LogP contribution < -0.4 is 4.90 Å². The highest BCUT2D eigenvalue weighted by Crippen LogP contribution is 2.42. The molecule has 45 heavy (non-hydrogen) atoms. The molecule has 0 saturated heterocycles. The molecule has 0 fully saturated rings. The molecule has 212 valence electrons. The average Bonchev–Trinajstić information content (AvgIpc) is 3.13. The summed E-state index contributed by atoms with van der Waals surface area (Å²) in [7, 11) is 0. The number of anilines is 3. The van der Waals surface area contributed by atoms with Crippen LogP contribution in [0.25, 0.3) is 54.9 Å². The summed E-state index contributed by atoms with van der Waals surface area (Å²) in [5.41, 5.74) is 10.8. The standard InChI is InChI=1S/C44H31N/c1-4-12-32(13-5-1)35-20-22-38-31-36(21-23-37(38)30-35)33-24-26-40(27-25-33)45(39-16-8-3-9-17-39)44-29-28-41(34-14-6-2-7-15-34)42-18-10-11-19-43(42)44/h1-31H. The van der Waals surface area contributed by atoms with Crippen molar-refractivity contribution in [2.45, 2.75) is 0 Å². The molecule has 0 aliphatic carbocycles. The van der Waals surface area contributed by atoms with E-state index in [2.05, 4.69) is 193 Å². The van der Waals surface area contributed by atoms with Crippen LogP contribution in [0.3, 0.4) is 0 Å². The highest BCUT2D eigenvalue weighted by atomic mass is 15.1. The third-order valence-corrected chi connectivity index (χ3v) is 8.65. The summed E-state index contributed by atoms with van der Waals surface area (Å²) in [6.07, 6.45) is 0. The minimum atomic E-state index is 1.12. The van der Waals surface area contributed by atoms with Crippen LogP contribution >= 0.6 is 0 Å². The SMILES string of the molecule is c1ccc(-c2ccc3cc(-c4ccc(N(c5ccccc5)c5ccc(-c6ccccc6)c6ccccc56)cc4)ccc3c2)cc1. The molecule has 0 N–H and O–H groups in total. The van der Waals surface area contributed by atoms with Gasteiger partial charge in [0.1, 0.15) is 0 Å². The van der Waals surface area contributed by atoms with E-state index in [1.54, 1.807) is 0 Å². The molecule has 0 aromatic heterocycles. The van der Waals surface area contributed by atoms with Crippen molar-refractivity contribution in [2.75, 3.05) is 4.90 Å². The van der Waals surface area contributed by atoms with Gasteiger partial charge < -0.3 is 4.90 Å². The maximum absolute atomic E-state index is 2.37. The Morgan fingerprint density at radius 2 is 0.756 bits per heavy atom. The van der Waals surface area contributed by atoms with Gasteiger partial charge in [0.25, 0.3) is 0 Å². The maximum atomic E-state index is 2.37. The predicted octanol–water partition coefficient (Wildman–Crippen LogP) is 12.5. The molecule has 1 heteroatoms. The molecule has 0 bridgehead atoms. The molecule has 0 radical (unpaired) electrons. The molecule has 1 nitrogen and oxygen atoms in total. The van der Waals surface area contributed by atoms with Gasteiger partial charge in [-0.1, -0.05) is 146 Å². The van der Waals surface area contributed by atoms with Gasteiger partial charge in [0.2, 0.25) is 0 Å². The Bertz CT molecular complexity index is 2240. The molecule has 8 aromatic rings. The fourth-order valence-electron chi connectivity index (χ4n) is 6.39. The second-order valence-electron chi connectivity index (χ2n) is 11.4. The maximum Gasteiger partial charge on any atom is 0.0540 e. The van der Waals surface area contributed by atoms with Crippen molar-refractivity contribution in [3.63, 3.8) is 0 Å². The largest absolute Gasteiger partial charge is 0.310 e. The molecule has 0 aliphatic rings. The topological polar surface area (TPSA) is 3.24 Å². The van der Waals surface area contributed by atoms with E-state index in [-0.39, 0.29) is 0 Å². The van der Waals surface area contributed by atoms with Gasteiger partial charge in [-0.2, -0.15) is 0 Å². The van der Waals surface area contributed by atoms with E-state index >= 15 is 0 Å². The van der Waals surface area contributed by atoms with Crippen molar-refractivity contribution in [3.8, 4) is 33.4 Å². The molecule has 0 heterocycles. The first-order valence-corrected chi connectivity index (χ1v) is 15.4. The van der Waals surface area contributed by atoms with Crippen LogP contribution in [-0.4, -0.2) is 0 Å². The molecule has 0 unspecified atom stereocenters. The molecular weight excluding hydrogens is 542 g/mol. The fraction of sp³-hybridized carbons (Fsp3) is 0. The van der Waals surface area contributed by atoms with E-state index in [1.165, 1.54) is 54.9 Å². The third-order valence-electron chi connectivity index (χ3n) is 8.65. The monoisotopic (exact) mass is 573 g/mol. The third kappa shape index (κ3) is 5.15. The Morgan fingerprint density at radius 3 is 1.38 bits per heavy atom. The van der Waals surface area contributed by atoms with E-state index in [9.17, 15) is 0 Å². The number of hydrogen-bond acceptors (Lipinski definition) is 1. The van der Waals surface area contributed by atoms with E-state index in [0.717, 1.165) is 17.1 Å². The van der Waals surface area contributed by atoms with E-state index in [1.807, 2.05) is 0 Å². The summed E-state index contributed by atoms with van der Waals surface area (Å²) < 4.78 is 0. The van der Waals surface area contributed by atoms with Gasteiger partial charge in [0.05, 0.1) is 5.69 Å². The molecule has 0 amide bonds. The van der Waals surface area contributed by atoms with Gasteiger partial charge in [-0.15, -0.1) is 0 Å². The first-order valence-electron chi connectivity index (χ1n) is 15.4. The van der Waals surface area contributed by atoms with Crippen LogP contribution in [0.5, 0.6) is 0 Å². The number of benzene rings is 8. The molecule has 8 aromatic carbocycles. The number of nitrogens with zero attached hydrogens (tertiary/aromatic N) is 1. The van der Waals surface area contributed by atoms with Crippen molar-refractivity contribution in [1.29, 1.82) is 0 Å². The van der Waals surface area contributed by atoms with Gasteiger partial charge in [-0.3, -0.25) is 0 Å². The van der Waals surface area contributed by atoms with Crippen LogP contribution in [0.15, 0.2) is 188 Å². The Labute approximate surface area is 264 Å². The highest BCUT2D eigenvalue weighted by molar-refractivity contribution is 6.06. The minimum absolute atomic E-state index is 1.12. The van der Waals surface area contributed by atoms with Crippen LogP contribution in [0.1, 0.15) is 0 Å². The summed E-state index contributed by atoms with van der Waals surface area (Å²) in [6.45, 7) is 0. The van der Waals surface area contributed by atoms with Crippen LogP contribution in [0.4, 0.5) is 17.1 Å². The minimum Gasteiger partial charge on any atom is -0.310 e. The first kappa shape index (κ1) is 26.7. The summed E-state index contributed by atoms with van der Waals surface area (Å²) in [5, 5.41) is 4.95. The van der Waals surface area contributed by atoms with Gasteiger partial charge >= 0.3 is 0 Å².